The minimum atomic E-state index is -0.0281. The van der Waals surface area contributed by atoms with Crippen LogP contribution in [0.2, 0.25) is 0 Å². The number of piperazine rings is 1. The highest BCUT2D eigenvalue weighted by atomic mass is 16.5. The molecule has 25 heavy (non-hydrogen) atoms. The Bertz CT molecular complexity index is 567. The minimum Gasteiger partial charge on any atom is -0.378 e. The van der Waals surface area contributed by atoms with Crippen molar-refractivity contribution in [2.24, 2.45) is 0 Å². The number of nitrogens with zero attached hydrogens (tertiary/aromatic N) is 3. The molecule has 3 rings (SSSR count). The fourth-order valence-corrected chi connectivity index (χ4v) is 3.28. The van der Waals surface area contributed by atoms with Gasteiger partial charge in [0.1, 0.15) is 5.82 Å². The van der Waals surface area contributed by atoms with Crippen molar-refractivity contribution < 1.29 is 14.3 Å². The SMILES string of the molecule is O=C(C[C@@H]1CCCO1)NCCC(=O)N1CCN(c2ccccn2)CC1. The lowest BCUT2D eigenvalue weighted by molar-refractivity contribution is -0.131. The molecular formula is C18H26N4O3. The maximum atomic E-state index is 12.3. The van der Waals surface area contributed by atoms with Crippen LogP contribution in [-0.2, 0) is 14.3 Å². The number of hydrogen-bond acceptors (Lipinski definition) is 5. The van der Waals surface area contributed by atoms with Crippen LogP contribution in [-0.4, -0.2) is 67.1 Å². The lowest BCUT2D eigenvalue weighted by atomic mass is 10.2. The number of ether oxygens (including phenoxy) is 1. The number of aromatic nitrogens is 1. The molecule has 1 aromatic rings. The fraction of sp³-hybridized carbons (Fsp3) is 0.611. The molecule has 2 amide bonds. The second kappa shape index (κ2) is 8.80. The lowest BCUT2D eigenvalue weighted by Gasteiger charge is -2.35. The quantitative estimate of drug-likeness (QED) is 0.825. The molecule has 2 aliphatic heterocycles. The number of hydrogen-bond donors (Lipinski definition) is 1. The number of carbonyl (C=O) groups excluding carboxylic acids is 2. The van der Waals surface area contributed by atoms with Crippen LogP contribution >= 0.6 is 0 Å². The van der Waals surface area contributed by atoms with Crippen LogP contribution in [0.25, 0.3) is 0 Å². The molecule has 2 aliphatic rings. The maximum Gasteiger partial charge on any atom is 0.224 e. The molecule has 1 N–H and O–H groups in total. The molecule has 7 nitrogen and oxygen atoms in total. The van der Waals surface area contributed by atoms with E-state index < -0.39 is 0 Å². The summed E-state index contributed by atoms with van der Waals surface area (Å²) >= 11 is 0. The zero-order valence-corrected chi connectivity index (χ0v) is 14.5. The Kier molecular flexibility index (Phi) is 6.22. The van der Waals surface area contributed by atoms with Crippen LogP contribution in [0.3, 0.4) is 0 Å². The summed E-state index contributed by atoms with van der Waals surface area (Å²) in [5, 5.41) is 2.83. The number of pyridine rings is 1. The molecule has 3 heterocycles. The third kappa shape index (κ3) is 5.16. The molecule has 7 heteroatoms. The lowest BCUT2D eigenvalue weighted by Crippen LogP contribution is -2.49. The summed E-state index contributed by atoms with van der Waals surface area (Å²) in [6.45, 7) is 4.10. The van der Waals surface area contributed by atoms with Crippen molar-refractivity contribution >= 4 is 17.6 Å². The predicted octanol–water partition coefficient (Wildman–Crippen LogP) is 0.806. The van der Waals surface area contributed by atoms with Crippen LogP contribution in [0.1, 0.15) is 25.7 Å². The van der Waals surface area contributed by atoms with Crippen LogP contribution < -0.4 is 10.2 Å². The van der Waals surface area contributed by atoms with Crippen LogP contribution in [0, 0.1) is 0 Å². The normalized spacial score (nSPS) is 20.6. The van der Waals surface area contributed by atoms with E-state index in [1.165, 1.54) is 0 Å². The molecule has 0 radical (unpaired) electrons. The molecule has 2 fully saturated rings. The van der Waals surface area contributed by atoms with E-state index >= 15 is 0 Å². The monoisotopic (exact) mass is 346 g/mol. The van der Waals surface area contributed by atoms with Gasteiger partial charge in [0.05, 0.1) is 12.5 Å². The van der Waals surface area contributed by atoms with Crippen molar-refractivity contribution in [2.75, 3.05) is 44.2 Å². The molecule has 0 spiro atoms. The molecule has 1 atom stereocenters. The number of anilines is 1. The molecule has 0 aromatic carbocycles. The molecule has 0 aliphatic carbocycles. The summed E-state index contributed by atoms with van der Waals surface area (Å²) in [7, 11) is 0. The smallest absolute Gasteiger partial charge is 0.224 e. The van der Waals surface area contributed by atoms with Gasteiger partial charge in [-0.15, -0.1) is 0 Å². The van der Waals surface area contributed by atoms with Gasteiger partial charge in [-0.2, -0.15) is 0 Å². The van der Waals surface area contributed by atoms with Gasteiger partial charge < -0.3 is 19.9 Å². The molecule has 1 aromatic heterocycles. The van der Waals surface area contributed by atoms with E-state index in [4.69, 9.17) is 4.74 Å². The number of amides is 2. The summed E-state index contributed by atoms with van der Waals surface area (Å²) in [5.74, 6) is 1.02. The molecular weight excluding hydrogens is 320 g/mol. The minimum absolute atomic E-state index is 0.0281. The maximum absolute atomic E-state index is 12.3. The van der Waals surface area contributed by atoms with Gasteiger partial charge in [0.2, 0.25) is 11.8 Å². The standard InChI is InChI=1S/C18H26N4O3/c23-17(14-15-4-3-13-25-15)20-8-6-18(24)22-11-9-21(10-12-22)16-5-1-2-7-19-16/h1-2,5,7,15H,3-4,6,8-14H2,(H,20,23)/t15-/m0/s1. The van der Waals surface area contributed by atoms with Crippen molar-refractivity contribution in [3.63, 3.8) is 0 Å². The number of rotatable bonds is 6. The van der Waals surface area contributed by atoms with Crippen molar-refractivity contribution in [1.29, 1.82) is 0 Å². The first-order chi connectivity index (χ1) is 12.2. The zero-order valence-electron chi connectivity index (χ0n) is 14.5. The van der Waals surface area contributed by atoms with Crippen LogP contribution in [0.15, 0.2) is 24.4 Å². The van der Waals surface area contributed by atoms with Gasteiger partial charge in [0.25, 0.3) is 0 Å². The van der Waals surface area contributed by atoms with E-state index in [2.05, 4.69) is 15.2 Å². The van der Waals surface area contributed by atoms with Gasteiger partial charge in [-0.1, -0.05) is 6.07 Å². The Morgan fingerprint density at radius 2 is 2.08 bits per heavy atom. The second-order valence-corrected chi connectivity index (χ2v) is 6.49. The topological polar surface area (TPSA) is 74.8 Å². The Morgan fingerprint density at radius 1 is 1.24 bits per heavy atom. The van der Waals surface area contributed by atoms with Crippen LogP contribution in [0.5, 0.6) is 0 Å². The summed E-state index contributed by atoms with van der Waals surface area (Å²) in [5.41, 5.74) is 0. The van der Waals surface area contributed by atoms with Crippen molar-refractivity contribution in [1.82, 2.24) is 15.2 Å². The third-order valence-corrected chi connectivity index (χ3v) is 4.70. The third-order valence-electron chi connectivity index (χ3n) is 4.70. The van der Waals surface area contributed by atoms with Crippen molar-refractivity contribution in [3.05, 3.63) is 24.4 Å². The van der Waals surface area contributed by atoms with Gasteiger partial charge in [0.15, 0.2) is 0 Å². The van der Waals surface area contributed by atoms with E-state index in [1.807, 2.05) is 23.1 Å². The number of nitrogens with one attached hydrogen (secondary N) is 1. The highest BCUT2D eigenvalue weighted by molar-refractivity contribution is 5.79. The fourth-order valence-electron chi connectivity index (χ4n) is 3.28. The molecule has 0 bridgehead atoms. The Morgan fingerprint density at radius 3 is 2.76 bits per heavy atom. The predicted molar refractivity (Wildman–Crippen MR) is 94.2 cm³/mol. The second-order valence-electron chi connectivity index (χ2n) is 6.49. The number of carbonyl (C=O) groups is 2. The van der Waals surface area contributed by atoms with Gasteiger partial charge >= 0.3 is 0 Å². The molecule has 2 saturated heterocycles. The largest absolute Gasteiger partial charge is 0.378 e. The molecule has 0 saturated carbocycles. The first kappa shape index (κ1) is 17.7. The Labute approximate surface area is 148 Å². The van der Waals surface area contributed by atoms with Crippen molar-refractivity contribution in [2.45, 2.75) is 31.8 Å². The van der Waals surface area contributed by atoms with Crippen molar-refractivity contribution in [3.8, 4) is 0 Å². The van der Waals surface area contributed by atoms with E-state index in [0.29, 0.717) is 32.5 Å². The van der Waals surface area contributed by atoms with Gasteiger partial charge in [-0.25, -0.2) is 4.98 Å². The average molecular weight is 346 g/mol. The Hall–Kier alpha value is -2.15. The van der Waals surface area contributed by atoms with E-state index in [1.54, 1.807) is 6.20 Å². The first-order valence-corrected chi connectivity index (χ1v) is 9.04. The summed E-state index contributed by atoms with van der Waals surface area (Å²) in [6.07, 6.45) is 4.56. The van der Waals surface area contributed by atoms with Gasteiger partial charge in [-0.3, -0.25) is 9.59 Å². The first-order valence-electron chi connectivity index (χ1n) is 9.04. The summed E-state index contributed by atoms with van der Waals surface area (Å²) < 4.78 is 5.45. The van der Waals surface area contributed by atoms with E-state index in [-0.39, 0.29) is 17.9 Å². The average Bonchev–Trinajstić information content (AvgIpc) is 3.15. The van der Waals surface area contributed by atoms with Gasteiger partial charge in [-0.05, 0) is 25.0 Å². The highest BCUT2D eigenvalue weighted by Gasteiger charge is 2.22. The van der Waals surface area contributed by atoms with E-state index in [0.717, 1.165) is 38.4 Å². The van der Waals surface area contributed by atoms with E-state index in [9.17, 15) is 9.59 Å². The molecule has 0 unspecified atom stereocenters. The highest BCUT2D eigenvalue weighted by Crippen LogP contribution is 2.15. The Balaban J connectivity index is 1.33. The zero-order chi connectivity index (χ0) is 17.5. The van der Waals surface area contributed by atoms with Crippen LogP contribution in [0.4, 0.5) is 5.82 Å². The van der Waals surface area contributed by atoms with Gasteiger partial charge in [0, 0.05) is 51.9 Å². The summed E-state index contributed by atoms with van der Waals surface area (Å²) in [4.78, 5) is 32.5. The summed E-state index contributed by atoms with van der Waals surface area (Å²) in [6, 6.07) is 5.86. The molecule has 136 valence electrons.